The number of rotatable bonds is 10. The quantitative estimate of drug-likeness (QED) is 0.160. The van der Waals surface area contributed by atoms with Crippen molar-refractivity contribution in [1.29, 1.82) is 0 Å². The fraction of sp³-hybridized carbons (Fsp3) is 0.297. The Morgan fingerprint density at radius 2 is 1.76 bits per heavy atom. The molecule has 49 heavy (non-hydrogen) atoms. The minimum atomic E-state index is -3.61. The van der Waals surface area contributed by atoms with E-state index in [1.807, 2.05) is 0 Å². The van der Waals surface area contributed by atoms with E-state index in [4.69, 9.17) is 16.3 Å². The molecule has 5 rings (SSSR count). The third-order valence-corrected chi connectivity index (χ3v) is 9.50. The zero-order chi connectivity index (χ0) is 35.3. The van der Waals surface area contributed by atoms with Crippen LogP contribution in [0.15, 0.2) is 66.9 Å². The van der Waals surface area contributed by atoms with Crippen molar-refractivity contribution in [3.05, 3.63) is 117 Å². The number of carbonyl (C=O) groups excluding carboxylic acids is 2. The summed E-state index contributed by atoms with van der Waals surface area (Å²) in [7, 11) is -2.09. The van der Waals surface area contributed by atoms with Gasteiger partial charge in [0.15, 0.2) is 0 Å². The van der Waals surface area contributed by atoms with Gasteiger partial charge in [0.1, 0.15) is 28.1 Å². The SMILES string of the molecule is Cc1c(F)ccc(F)c1-c1c(C(=O)N[C@@H](CS(C)(=O)=O)c2cccc(Cl)c2)cn(C)c1C(=O)c1ccc(C#CCOC2CCNCC2)cc1. The molecule has 0 aliphatic carbocycles. The number of aryl methyl sites for hydroxylation is 1. The van der Waals surface area contributed by atoms with Crippen LogP contribution in [0.25, 0.3) is 11.1 Å². The maximum atomic E-state index is 15.6. The highest BCUT2D eigenvalue weighted by molar-refractivity contribution is 7.90. The van der Waals surface area contributed by atoms with Gasteiger partial charge in [-0.05, 0) is 92.5 Å². The molecule has 3 aromatic carbocycles. The maximum Gasteiger partial charge on any atom is 0.253 e. The van der Waals surface area contributed by atoms with Gasteiger partial charge in [0.05, 0.1) is 29.2 Å². The van der Waals surface area contributed by atoms with Crippen molar-refractivity contribution in [1.82, 2.24) is 15.2 Å². The van der Waals surface area contributed by atoms with Crippen LogP contribution in [0.4, 0.5) is 8.78 Å². The van der Waals surface area contributed by atoms with Crippen LogP contribution in [0.2, 0.25) is 5.02 Å². The summed E-state index contributed by atoms with van der Waals surface area (Å²) in [5, 5.41) is 6.34. The molecule has 1 atom stereocenters. The Kier molecular flexibility index (Phi) is 11.4. The average Bonchev–Trinajstić information content (AvgIpc) is 3.41. The number of benzene rings is 3. The van der Waals surface area contributed by atoms with Gasteiger partial charge >= 0.3 is 0 Å². The summed E-state index contributed by atoms with van der Waals surface area (Å²) in [6, 6.07) is 13.7. The molecule has 2 heterocycles. The predicted octanol–water partition coefficient (Wildman–Crippen LogP) is 5.80. The highest BCUT2D eigenvalue weighted by atomic mass is 35.5. The molecule has 1 amide bonds. The van der Waals surface area contributed by atoms with E-state index in [0.29, 0.717) is 16.1 Å². The number of sulfone groups is 1. The van der Waals surface area contributed by atoms with Gasteiger partial charge in [0.25, 0.3) is 5.91 Å². The Bertz CT molecular complexity index is 2050. The minimum Gasteiger partial charge on any atom is -0.365 e. The standard InChI is InChI=1S/C37H36ClF2N3O5S/c1-23-30(39)13-14-31(40)33(23)34-29(37(45)42-32(22-49(3,46)47)26-7-4-8-27(38)20-26)21-43(2)35(34)36(44)25-11-9-24(10-12-25)6-5-19-48-28-15-17-41-18-16-28/h4,7-14,20-21,28,32,41H,15-19,22H2,1-3H3,(H,42,45)/t32-/m0/s1. The molecule has 0 radical (unpaired) electrons. The van der Waals surface area contributed by atoms with E-state index in [1.165, 1.54) is 30.8 Å². The lowest BCUT2D eigenvalue weighted by Crippen LogP contribution is -2.33. The van der Waals surface area contributed by atoms with E-state index in [0.717, 1.165) is 44.3 Å². The van der Waals surface area contributed by atoms with Gasteiger partial charge in [-0.1, -0.05) is 35.6 Å². The summed E-state index contributed by atoms with van der Waals surface area (Å²) >= 11 is 6.16. The van der Waals surface area contributed by atoms with Gasteiger partial charge in [-0.3, -0.25) is 9.59 Å². The van der Waals surface area contributed by atoms with Gasteiger partial charge in [-0.15, -0.1) is 0 Å². The fourth-order valence-electron chi connectivity index (χ4n) is 5.87. The largest absolute Gasteiger partial charge is 0.365 e. The van der Waals surface area contributed by atoms with Crippen molar-refractivity contribution in [2.75, 3.05) is 31.7 Å². The highest BCUT2D eigenvalue weighted by Gasteiger charge is 2.31. The number of amides is 1. The van der Waals surface area contributed by atoms with Gasteiger partial charge in [0, 0.05) is 46.8 Å². The van der Waals surface area contributed by atoms with Crippen LogP contribution in [-0.2, 0) is 21.6 Å². The number of hydrogen-bond acceptors (Lipinski definition) is 6. The molecule has 1 aliphatic rings. The third-order valence-electron chi connectivity index (χ3n) is 8.32. The Hall–Kier alpha value is -4.34. The first-order chi connectivity index (χ1) is 23.3. The van der Waals surface area contributed by atoms with E-state index in [1.54, 1.807) is 42.5 Å². The molecule has 0 unspecified atom stereocenters. The lowest BCUT2D eigenvalue weighted by molar-refractivity contribution is 0.0547. The molecule has 4 aromatic rings. The number of piperidine rings is 1. The maximum absolute atomic E-state index is 15.6. The molecular formula is C37H36ClF2N3O5S. The molecule has 8 nitrogen and oxygen atoms in total. The summed E-state index contributed by atoms with van der Waals surface area (Å²) < 4.78 is 62.4. The summed E-state index contributed by atoms with van der Waals surface area (Å²) in [6.07, 6.45) is 4.43. The number of hydrogen-bond donors (Lipinski definition) is 2. The summed E-state index contributed by atoms with van der Waals surface area (Å²) in [5.74, 6) is 2.66. The predicted molar refractivity (Wildman–Crippen MR) is 185 cm³/mol. The molecule has 0 spiro atoms. The van der Waals surface area contributed by atoms with Crippen LogP contribution >= 0.6 is 11.6 Å². The molecule has 256 valence electrons. The van der Waals surface area contributed by atoms with Crippen LogP contribution in [0, 0.1) is 30.4 Å². The van der Waals surface area contributed by atoms with Gasteiger partial charge in [0.2, 0.25) is 5.78 Å². The molecule has 1 fully saturated rings. The van der Waals surface area contributed by atoms with Gasteiger partial charge in [-0.2, -0.15) is 0 Å². The first-order valence-corrected chi connectivity index (χ1v) is 18.1. The lowest BCUT2D eigenvalue weighted by Gasteiger charge is -2.21. The lowest BCUT2D eigenvalue weighted by atomic mass is 9.92. The number of carbonyl (C=O) groups is 2. The highest BCUT2D eigenvalue weighted by Crippen LogP contribution is 2.36. The second kappa shape index (κ2) is 15.5. The van der Waals surface area contributed by atoms with E-state index in [9.17, 15) is 22.4 Å². The van der Waals surface area contributed by atoms with Gasteiger partial charge in [-0.25, -0.2) is 17.2 Å². The molecule has 0 saturated carbocycles. The van der Waals surface area contributed by atoms with Gasteiger partial charge < -0.3 is 19.9 Å². The summed E-state index contributed by atoms with van der Waals surface area (Å²) in [6.45, 7) is 3.47. The second-order valence-electron chi connectivity index (χ2n) is 12.0. The molecule has 1 saturated heterocycles. The number of nitrogens with zero attached hydrogens (tertiary/aromatic N) is 1. The van der Waals surface area contributed by atoms with Crippen molar-refractivity contribution >= 4 is 33.1 Å². The molecule has 1 aliphatic heterocycles. The van der Waals surface area contributed by atoms with Crippen molar-refractivity contribution in [3.63, 3.8) is 0 Å². The van der Waals surface area contributed by atoms with Crippen LogP contribution in [0.1, 0.15) is 62.0 Å². The Labute approximate surface area is 289 Å². The van der Waals surface area contributed by atoms with Crippen molar-refractivity contribution < 1.29 is 31.5 Å². The second-order valence-corrected chi connectivity index (χ2v) is 14.7. The average molecular weight is 708 g/mol. The number of ketones is 1. The van der Waals surface area contributed by atoms with E-state index in [2.05, 4.69) is 22.5 Å². The molecule has 1 aromatic heterocycles. The van der Waals surface area contributed by atoms with Crippen LogP contribution in [0.5, 0.6) is 0 Å². The number of aromatic nitrogens is 1. The fourth-order valence-corrected chi connectivity index (χ4v) is 6.95. The number of nitrogens with one attached hydrogen (secondary N) is 2. The Morgan fingerprint density at radius 3 is 2.43 bits per heavy atom. The third kappa shape index (κ3) is 8.83. The molecular weight excluding hydrogens is 672 g/mol. The van der Waals surface area contributed by atoms with Crippen molar-refractivity contribution in [2.45, 2.75) is 31.9 Å². The monoisotopic (exact) mass is 707 g/mol. The van der Waals surface area contributed by atoms with Crippen LogP contribution in [-0.4, -0.2) is 62.5 Å². The van der Waals surface area contributed by atoms with E-state index < -0.39 is 45.0 Å². The summed E-state index contributed by atoms with van der Waals surface area (Å²) in [4.78, 5) is 28.1. The van der Waals surface area contributed by atoms with E-state index in [-0.39, 0.29) is 46.2 Å². The Balaban J connectivity index is 1.50. The zero-order valence-electron chi connectivity index (χ0n) is 27.3. The first kappa shape index (κ1) is 36.0. The number of halogens is 3. The first-order valence-electron chi connectivity index (χ1n) is 15.7. The van der Waals surface area contributed by atoms with E-state index >= 15 is 4.39 Å². The smallest absolute Gasteiger partial charge is 0.253 e. The zero-order valence-corrected chi connectivity index (χ0v) is 28.9. The Morgan fingerprint density at radius 1 is 1.06 bits per heavy atom. The molecule has 0 bridgehead atoms. The summed E-state index contributed by atoms with van der Waals surface area (Å²) in [5.41, 5.74) is 0.625. The topological polar surface area (TPSA) is 107 Å². The van der Waals surface area contributed by atoms with Crippen LogP contribution in [0.3, 0.4) is 0 Å². The molecule has 2 N–H and O–H groups in total. The van der Waals surface area contributed by atoms with Crippen molar-refractivity contribution in [3.8, 4) is 23.0 Å². The van der Waals surface area contributed by atoms with Crippen LogP contribution < -0.4 is 10.6 Å². The normalized spacial score (nSPS) is 14.2. The minimum absolute atomic E-state index is 0.0608. The van der Waals surface area contributed by atoms with Crippen molar-refractivity contribution in [2.24, 2.45) is 7.05 Å². The molecule has 12 heteroatoms. The number of ether oxygens (including phenoxy) is 1.